The Morgan fingerprint density at radius 2 is 2.05 bits per heavy atom. The average Bonchev–Trinajstić information content (AvgIpc) is 2.50. The van der Waals surface area contributed by atoms with Crippen LogP contribution in [0.4, 0.5) is 10.1 Å². The second-order valence-electron chi connectivity index (χ2n) is 4.90. The number of methoxy groups -OCH3 is 1. The molecule has 0 spiro atoms. The maximum absolute atomic E-state index is 13.7. The zero-order valence-corrected chi connectivity index (χ0v) is 12.2. The van der Waals surface area contributed by atoms with Gasteiger partial charge in [0.05, 0.1) is 25.0 Å². The lowest BCUT2D eigenvalue weighted by atomic mass is 9.83. The number of esters is 1. The van der Waals surface area contributed by atoms with E-state index in [1.165, 1.54) is 25.3 Å². The summed E-state index contributed by atoms with van der Waals surface area (Å²) in [7, 11) is 1.28. The minimum absolute atomic E-state index is 0.0330. The minimum Gasteiger partial charge on any atom is -0.465 e. The lowest BCUT2D eigenvalue weighted by Crippen LogP contribution is -2.32. The van der Waals surface area contributed by atoms with Crippen LogP contribution in [0.15, 0.2) is 18.2 Å². The van der Waals surface area contributed by atoms with Crippen molar-refractivity contribution < 1.29 is 19.0 Å². The van der Waals surface area contributed by atoms with Gasteiger partial charge in [-0.3, -0.25) is 0 Å². The fourth-order valence-corrected chi connectivity index (χ4v) is 1.97. The molecule has 0 aliphatic rings. The summed E-state index contributed by atoms with van der Waals surface area (Å²) in [6.45, 7) is 4.45. The van der Waals surface area contributed by atoms with E-state index in [0.29, 0.717) is 12.1 Å². The van der Waals surface area contributed by atoms with Gasteiger partial charge in [-0.25, -0.2) is 9.18 Å². The summed E-state index contributed by atoms with van der Waals surface area (Å²) >= 11 is 0. The van der Waals surface area contributed by atoms with Crippen LogP contribution in [0.25, 0.3) is 0 Å². The van der Waals surface area contributed by atoms with Gasteiger partial charge in [0.1, 0.15) is 5.82 Å². The van der Waals surface area contributed by atoms with Crippen molar-refractivity contribution in [1.29, 1.82) is 0 Å². The molecule has 0 amide bonds. The average molecular weight is 283 g/mol. The van der Waals surface area contributed by atoms with Crippen molar-refractivity contribution >= 4 is 11.7 Å². The van der Waals surface area contributed by atoms with E-state index < -0.39 is 11.8 Å². The Morgan fingerprint density at radius 1 is 1.40 bits per heavy atom. The zero-order valence-electron chi connectivity index (χ0n) is 12.2. The number of hydrogen-bond acceptors (Lipinski definition) is 4. The highest BCUT2D eigenvalue weighted by atomic mass is 19.1. The molecule has 0 saturated carbocycles. The van der Waals surface area contributed by atoms with E-state index in [-0.39, 0.29) is 17.7 Å². The van der Waals surface area contributed by atoms with Crippen LogP contribution in [0.2, 0.25) is 0 Å². The SMILES string of the molecule is CCC(CC)(CO)CNc1cc(C(=O)OC)ccc1F. The molecule has 20 heavy (non-hydrogen) atoms. The van der Waals surface area contributed by atoms with Crippen LogP contribution in [0.1, 0.15) is 37.0 Å². The van der Waals surface area contributed by atoms with Crippen molar-refractivity contribution in [2.45, 2.75) is 26.7 Å². The summed E-state index contributed by atoms with van der Waals surface area (Å²) in [5, 5.41) is 12.5. The lowest BCUT2D eigenvalue weighted by molar-refractivity contribution is 0.0600. The van der Waals surface area contributed by atoms with Crippen LogP contribution < -0.4 is 5.32 Å². The molecule has 0 aromatic heterocycles. The van der Waals surface area contributed by atoms with Gasteiger partial charge in [-0.15, -0.1) is 0 Å². The largest absolute Gasteiger partial charge is 0.465 e. The molecular formula is C15H22FNO3. The van der Waals surface area contributed by atoms with Crippen LogP contribution in [0.3, 0.4) is 0 Å². The normalized spacial score (nSPS) is 11.2. The van der Waals surface area contributed by atoms with E-state index in [4.69, 9.17) is 0 Å². The van der Waals surface area contributed by atoms with E-state index in [1.54, 1.807) is 0 Å². The van der Waals surface area contributed by atoms with E-state index >= 15 is 0 Å². The number of halogens is 1. The first-order valence-electron chi connectivity index (χ1n) is 6.74. The van der Waals surface area contributed by atoms with E-state index in [0.717, 1.165) is 12.8 Å². The van der Waals surface area contributed by atoms with Gasteiger partial charge in [0, 0.05) is 12.0 Å². The molecule has 0 aliphatic carbocycles. The number of nitrogens with one attached hydrogen (secondary N) is 1. The quantitative estimate of drug-likeness (QED) is 0.755. The number of carbonyl (C=O) groups is 1. The highest BCUT2D eigenvalue weighted by Crippen LogP contribution is 2.27. The summed E-state index contributed by atoms with van der Waals surface area (Å²) in [5.41, 5.74) is 0.250. The number of anilines is 1. The Morgan fingerprint density at radius 3 is 2.55 bits per heavy atom. The number of hydrogen-bond donors (Lipinski definition) is 2. The molecule has 1 aromatic carbocycles. The van der Waals surface area contributed by atoms with Crippen LogP contribution in [-0.2, 0) is 4.74 Å². The molecular weight excluding hydrogens is 261 g/mol. The minimum atomic E-state index is -0.507. The van der Waals surface area contributed by atoms with Crippen LogP contribution in [0, 0.1) is 11.2 Å². The Balaban J connectivity index is 2.89. The Hall–Kier alpha value is -1.62. The summed E-state index contributed by atoms with van der Waals surface area (Å²) < 4.78 is 18.4. The highest BCUT2D eigenvalue weighted by molar-refractivity contribution is 5.90. The predicted octanol–water partition coefficient (Wildman–Crippen LogP) is 2.82. The van der Waals surface area contributed by atoms with Gasteiger partial charge in [0.25, 0.3) is 0 Å². The van der Waals surface area contributed by atoms with E-state index in [9.17, 15) is 14.3 Å². The van der Waals surface area contributed by atoms with Crippen molar-refractivity contribution in [2.75, 3.05) is 25.6 Å². The number of carbonyl (C=O) groups excluding carboxylic acids is 1. The van der Waals surface area contributed by atoms with Crippen molar-refractivity contribution in [3.8, 4) is 0 Å². The van der Waals surface area contributed by atoms with Crippen molar-refractivity contribution in [3.05, 3.63) is 29.6 Å². The Bertz CT molecular complexity index is 450. The highest BCUT2D eigenvalue weighted by Gasteiger charge is 2.25. The smallest absolute Gasteiger partial charge is 0.337 e. The molecule has 0 radical (unpaired) electrons. The maximum atomic E-state index is 13.7. The van der Waals surface area contributed by atoms with Gasteiger partial charge in [0.15, 0.2) is 0 Å². The number of ether oxygens (including phenoxy) is 1. The summed E-state index contributed by atoms with van der Waals surface area (Å²) in [6, 6.07) is 4.03. The summed E-state index contributed by atoms with van der Waals surface area (Å²) in [6.07, 6.45) is 1.57. The summed E-state index contributed by atoms with van der Waals surface area (Å²) in [5.74, 6) is -0.941. The molecule has 0 bridgehead atoms. The second kappa shape index (κ2) is 7.24. The first-order chi connectivity index (χ1) is 9.51. The first-order valence-corrected chi connectivity index (χ1v) is 6.74. The van der Waals surface area contributed by atoms with Crippen molar-refractivity contribution in [1.82, 2.24) is 0 Å². The monoisotopic (exact) mass is 283 g/mol. The maximum Gasteiger partial charge on any atom is 0.337 e. The third-order valence-electron chi connectivity index (χ3n) is 3.88. The predicted molar refractivity (Wildman–Crippen MR) is 76.3 cm³/mol. The van der Waals surface area contributed by atoms with Crippen molar-refractivity contribution in [3.63, 3.8) is 0 Å². The second-order valence-corrected chi connectivity index (χ2v) is 4.90. The number of aliphatic hydroxyl groups excluding tert-OH is 1. The molecule has 0 atom stereocenters. The number of rotatable bonds is 7. The number of benzene rings is 1. The van der Waals surface area contributed by atoms with Gasteiger partial charge in [-0.2, -0.15) is 0 Å². The van der Waals surface area contributed by atoms with Gasteiger partial charge < -0.3 is 15.2 Å². The van der Waals surface area contributed by atoms with E-state index in [1.807, 2.05) is 13.8 Å². The van der Waals surface area contributed by atoms with Crippen molar-refractivity contribution in [2.24, 2.45) is 5.41 Å². The third-order valence-corrected chi connectivity index (χ3v) is 3.88. The fraction of sp³-hybridized carbons (Fsp3) is 0.533. The zero-order chi connectivity index (χ0) is 15.2. The molecule has 112 valence electrons. The third kappa shape index (κ3) is 3.70. The lowest BCUT2D eigenvalue weighted by Gasteiger charge is -2.30. The molecule has 1 rings (SSSR count). The van der Waals surface area contributed by atoms with Gasteiger partial charge in [-0.1, -0.05) is 13.8 Å². The van der Waals surface area contributed by atoms with Gasteiger partial charge >= 0.3 is 5.97 Å². The van der Waals surface area contributed by atoms with Crippen LogP contribution in [0.5, 0.6) is 0 Å². The first kappa shape index (κ1) is 16.4. The van der Waals surface area contributed by atoms with Gasteiger partial charge in [-0.05, 0) is 31.0 Å². The standard InChI is InChI=1S/C15H22FNO3/c1-4-15(5-2,10-18)9-17-13-8-11(14(19)20-3)6-7-12(13)16/h6-8,17-18H,4-5,9-10H2,1-3H3. The molecule has 0 aliphatic heterocycles. The van der Waals surface area contributed by atoms with E-state index in [2.05, 4.69) is 10.1 Å². The molecule has 5 heteroatoms. The molecule has 0 heterocycles. The fourth-order valence-electron chi connectivity index (χ4n) is 1.97. The molecule has 2 N–H and O–H groups in total. The molecule has 0 unspecified atom stereocenters. The van der Waals surface area contributed by atoms with Crippen LogP contribution in [-0.4, -0.2) is 31.3 Å². The Labute approximate surface area is 119 Å². The molecule has 0 saturated heterocycles. The van der Waals surface area contributed by atoms with Crippen LogP contribution >= 0.6 is 0 Å². The van der Waals surface area contributed by atoms with Gasteiger partial charge in [0.2, 0.25) is 0 Å². The Kier molecular flexibility index (Phi) is 5.95. The topological polar surface area (TPSA) is 58.6 Å². The molecule has 4 nitrogen and oxygen atoms in total. The summed E-state index contributed by atoms with van der Waals surface area (Å²) in [4.78, 5) is 11.4. The molecule has 0 fully saturated rings. The molecule has 1 aromatic rings. The number of aliphatic hydroxyl groups is 1.